The summed E-state index contributed by atoms with van der Waals surface area (Å²) in [5.41, 5.74) is 6.56. The van der Waals surface area contributed by atoms with Crippen LogP contribution in [0.1, 0.15) is 33.6 Å². The molecule has 0 heterocycles. The highest BCUT2D eigenvalue weighted by atomic mass is 32.2. The highest BCUT2D eigenvalue weighted by Gasteiger charge is 2.26. The second kappa shape index (κ2) is 6.18. The third kappa shape index (κ3) is 4.08. The Balaban J connectivity index is 4.77. The van der Waals surface area contributed by atoms with Crippen LogP contribution in [0.3, 0.4) is 0 Å². The van der Waals surface area contributed by atoms with Crippen LogP contribution < -0.4 is 5.73 Å². The fourth-order valence-electron chi connectivity index (χ4n) is 1.32. The van der Waals surface area contributed by atoms with Crippen LogP contribution in [0, 0.1) is 0 Å². The summed E-state index contributed by atoms with van der Waals surface area (Å²) >= 11 is 0. The minimum atomic E-state index is -3.47. The van der Waals surface area contributed by atoms with Crippen LogP contribution in [0.2, 0.25) is 0 Å². The maximum absolute atomic E-state index is 12.0. The van der Waals surface area contributed by atoms with Crippen LogP contribution >= 0.6 is 0 Å². The van der Waals surface area contributed by atoms with E-state index in [1.807, 2.05) is 6.92 Å². The molecule has 4 nitrogen and oxygen atoms in total. The maximum Gasteiger partial charge on any atom is 0.239 e. The topological polar surface area (TPSA) is 63.4 Å². The van der Waals surface area contributed by atoms with Crippen LogP contribution in [-0.2, 0) is 10.0 Å². The van der Waals surface area contributed by atoms with E-state index in [0.29, 0.717) is 19.4 Å². The fraction of sp³-hybridized carbons (Fsp3) is 0.636. The molecule has 0 aromatic carbocycles. The van der Waals surface area contributed by atoms with Crippen molar-refractivity contribution in [3.63, 3.8) is 0 Å². The molecule has 2 N–H and O–H groups in total. The largest absolute Gasteiger partial charge is 0.315 e. The third-order valence-corrected chi connectivity index (χ3v) is 4.41. The lowest BCUT2D eigenvalue weighted by Gasteiger charge is -2.25. The molecule has 0 amide bonds. The van der Waals surface area contributed by atoms with Gasteiger partial charge < -0.3 is 5.73 Å². The molecule has 94 valence electrons. The number of nitrogens with two attached hydrogens (primary N) is 1. The summed E-state index contributed by atoms with van der Waals surface area (Å²) in [6.07, 6.45) is 0.506. The lowest BCUT2D eigenvalue weighted by atomic mass is 10.2. The van der Waals surface area contributed by atoms with Crippen LogP contribution in [0.25, 0.3) is 0 Å². The molecule has 0 aliphatic rings. The number of sulfonamides is 1. The number of nitrogens with zero attached hydrogens (tertiary/aromatic N) is 1. The SMILES string of the molecule is C=C(C)CCC(=C)S(=O)(=O)N(CC)[C@@H](C)N. The first kappa shape index (κ1) is 15.3. The molecule has 0 saturated heterocycles. The molecule has 0 bridgehead atoms. The number of rotatable bonds is 7. The third-order valence-electron chi connectivity index (χ3n) is 2.27. The zero-order valence-corrected chi connectivity index (χ0v) is 11.2. The average Bonchev–Trinajstić information content (AvgIpc) is 2.13. The molecule has 0 unspecified atom stereocenters. The Labute approximate surface area is 98.9 Å². The minimum absolute atomic E-state index is 0.203. The Hall–Kier alpha value is -0.650. The summed E-state index contributed by atoms with van der Waals surface area (Å²) in [6.45, 7) is 13.0. The van der Waals surface area contributed by atoms with Crippen molar-refractivity contribution in [3.8, 4) is 0 Å². The Kier molecular flexibility index (Phi) is 5.92. The summed E-state index contributed by atoms with van der Waals surface area (Å²) in [7, 11) is -3.47. The molecule has 0 aliphatic carbocycles. The van der Waals surface area contributed by atoms with Crippen LogP contribution in [0.4, 0.5) is 0 Å². The van der Waals surface area contributed by atoms with E-state index in [-0.39, 0.29) is 4.91 Å². The Morgan fingerprint density at radius 1 is 1.38 bits per heavy atom. The second-order valence-electron chi connectivity index (χ2n) is 3.94. The Morgan fingerprint density at radius 3 is 2.19 bits per heavy atom. The summed E-state index contributed by atoms with van der Waals surface area (Å²) < 4.78 is 25.3. The van der Waals surface area contributed by atoms with Gasteiger partial charge in [-0.2, -0.15) is 4.31 Å². The van der Waals surface area contributed by atoms with Crippen molar-refractivity contribution >= 4 is 10.0 Å². The van der Waals surface area contributed by atoms with E-state index in [1.165, 1.54) is 4.31 Å². The molecule has 16 heavy (non-hydrogen) atoms. The highest BCUT2D eigenvalue weighted by molar-refractivity contribution is 7.93. The first-order valence-electron chi connectivity index (χ1n) is 5.33. The molecule has 0 fully saturated rings. The molecule has 0 radical (unpaired) electrons. The van der Waals surface area contributed by atoms with Gasteiger partial charge in [0.2, 0.25) is 10.0 Å². The van der Waals surface area contributed by atoms with Gasteiger partial charge in [0.05, 0.1) is 11.1 Å². The van der Waals surface area contributed by atoms with Gasteiger partial charge in [0.15, 0.2) is 0 Å². The first-order valence-corrected chi connectivity index (χ1v) is 6.77. The molecule has 0 spiro atoms. The molecule has 5 heteroatoms. The van der Waals surface area contributed by atoms with Gasteiger partial charge in [0, 0.05) is 6.54 Å². The van der Waals surface area contributed by atoms with Gasteiger partial charge in [-0.15, -0.1) is 6.58 Å². The van der Waals surface area contributed by atoms with E-state index in [4.69, 9.17) is 5.73 Å². The average molecular weight is 246 g/mol. The van der Waals surface area contributed by atoms with Crippen molar-refractivity contribution in [2.75, 3.05) is 6.54 Å². The lowest BCUT2D eigenvalue weighted by Crippen LogP contribution is -2.43. The number of hydrogen-bond donors (Lipinski definition) is 1. The van der Waals surface area contributed by atoms with Crippen LogP contribution in [0.5, 0.6) is 0 Å². The fourth-order valence-corrected chi connectivity index (χ4v) is 2.79. The van der Waals surface area contributed by atoms with Gasteiger partial charge in [0.25, 0.3) is 0 Å². The molecule has 0 saturated carbocycles. The maximum atomic E-state index is 12.0. The van der Waals surface area contributed by atoms with E-state index in [9.17, 15) is 8.42 Å². The quantitative estimate of drug-likeness (QED) is 0.550. The van der Waals surface area contributed by atoms with Gasteiger partial charge >= 0.3 is 0 Å². The number of allylic oxidation sites excluding steroid dienone is 2. The zero-order chi connectivity index (χ0) is 12.9. The van der Waals surface area contributed by atoms with Crippen molar-refractivity contribution in [3.05, 3.63) is 23.6 Å². The van der Waals surface area contributed by atoms with E-state index < -0.39 is 16.2 Å². The summed E-state index contributed by atoms with van der Waals surface area (Å²) in [4.78, 5) is 0.203. The smallest absolute Gasteiger partial charge is 0.239 e. The van der Waals surface area contributed by atoms with E-state index in [2.05, 4.69) is 13.2 Å². The van der Waals surface area contributed by atoms with Crippen molar-refractivity contribution < 1.29 is 8.42 Å². The molecule has 0 rings (SSSR count). The highest BCUT2D eigenvalue weighted by Crippen LogP contribution is 2.19. The predicted molar refractivity (Wildman–Crippen MR) is 68.1 cm³/mol. The van der Waals surface area contributed by atoms with Crippen molar-refractivity contribution in [1.82, 2.24) is 4.31 Å². The van der Waals surface area contributed by atoms with Gasteiger partial charge in [-0.25, -0.2) is 8.42 Å². The number of hydrogen-bond acceptors (Lipinski definition) is 3. The van der Waals surface area contributed by atoms with E-state index >= 15 is 0 Å². The standard InChI is InChI=1S/C11H22N2O2S/c1-6-13(11(5)12)16(14,15)10(4)8-7-9(2)3/h11H,2,4,6-8,12H2,1,3,5H3/t11-/m0/s1. The summed E-state index contributed by atoms with van der Waals surface area (Å²) in [5.74, 6) is 0. The van der Waals surface area contributed by atoms with Crippen molar-refractivity contribution in [2.45, 2.75) is 39.8 Å². The van der Waals surface area contributed by atoms with Gasteiger partial charge in [-0.3, -0.25) is 0 Å². The van der Waals surface area contributed by atoms with E-state index in [1.54, 1.807) is 13.8 Å². The molecular weight excluding hydrogens is 224 g/mol. The summed E-state index contributed by atoms with van der Waals surface area (Å²) in [6, 6.07) is 0. The normalized spacial score (nSPS) is 13.8. The van der Waals surface area contributed by atoms with Gasteiger partial charge in [-0.05, 0) is 26.7 Å². The zero-order valence-electron chi connectivity index (χ0n) is 10.4. The molecular formula is C11H22N2O2S. The van der Waals surface area contributed by atoms with Crippen molar-refractivity contribution in [1.29, 1.82) is 0 Å². The molecule has 0 aromatic rings. The minimum Gasteiger partial charge on any atom is -0.315 e. The second-order valence-corrected chi connectivity index (χ2v) is 5.94. The predicted octanol–water partition coefficient (Wildman–Crippen LogP) is 1.81. The lowest BCUT2D eigenvalue weighted by molar-refractivity contribution is 0.360. The monoisotopic (exact) mass is 246 g/mol. The van der Waals surface area contributed by atoms with Gasteiger partial charge in [-0.1, -0.05) is 19.1 Å². The first-order chi connectivity index (χ1) is 7.23. The van der Waals surface area contributed by atoms with E-state index in [0.717, 1.165) is 5.57 Å². The molecule has 0 aliphatic heterocycles. The van der Waals surface area contributed by atoms with Crippen LogP contribution in [0.15, 0.2) is 23.6 Å². The van der Waals surface area contributed by atoms with Crippen LogP contribution in [-0.4, -0.2) is 25.4 Å². The Bertz CT molecular complexity index is 358. The molecule has 0 aromatic heterocycles. The molecule has 1 atom stereocenters. The van der Waals surface area contributed by atoms with Gasteiger partial charge in [0.1, 0.15) is 0 Å². The van der Waals surface area contributed by atoms with Crippen molar-refractivity contribution in [2.24, 2.45) is 5.73 Å². The Morgan fingerprint density at radius 2 is 1.88 bits per heavy atom. The summed E-state index contributed by atoms with van der Waals surface area (Å²) in [5, 5.41) is 0.